The second-order valence-corrected chi connectivity index (χ2v) is 6.35. The lowest BCUT2D eigenvalue weighted by Crippen LogP contribution is -2.44. The molecule has 1 unspecified atom stereocenters. The van der Waals surface area contributed by atoms with Gasteiger partial charge < -0.3 is 10.4 Å². The van der Waals surface area contributed by atoms with Gasteiger partial charge in [0.15, 0.2) is 9.84 Å². The first-order chi connectivity index (χ1) is 6.74. The quantitative estimate of drug-likeness (QED) is 0.657. The lowest BCUT2D eigenvalue weighted by Gasteiger charge is -2.23. The minimum absolute atomic E-state index is 0.0422. The highest BCUT2D eigenvalue weighted by atomic mass is 32.2. The molecule has 2 N–H and O–H groups in total. The highest BCUT2D eigenvalue weighted by molar-refractivity contribution is 7.91. The molecule has 1 fully saturated rings. The van der Waals surface area contributed by atoms with Crippen molar-refractivity contribution in [3.63, 3.8) is 0 Å². The summed E-state index contributed by atoms with van der Waals surface area (Å²) in [6.07, 6.45) is 0.516. The average Bonchev–Trinajstić information content (AvgIpc) is 2.37. The third-order valence-corrected chi connectivity index (χ3v) is 4.44. The van der Waals surface area contributed by atoms with Crippen LogP contribution in [0.2, 0.25) is 0 Å². The van der Waals surface area contributed by atoms with E-state index in [1.54, 1.807) is 6.92 Å². The summed E-state index contributed by atoms with van der Waals surface area (Å²) in [5.74, 6) is -0.838. The van der Waals surface area contributed by atoms with Crippen molar-refractivity contribution in [2.45, 2.75) is 18.9 Å². The first-order valence-corrected chi connectivity index (χ1v) is 6.43. The molecule has 1 aliphatic rings. The molecule has 15 heavy (non-hydrogen) atoms. The molecule has 0 radical (unpaired) electrons. The Morgan fingerprint density at radius 2 is 2.20 bits per heavy atom. The number of hydrogen-bond acceptors (Lipinski definition) is 4. The minimum atomic E-state index is -2.96. The van der Waals surface area contributed by atoms with Gasteiger partial charge in [0.1, 0.15) is 0 Å². The Labute approximate surface area is 89.1 Å². The molecule has 1 atom stereocenters. The summed E-state index contributed by atoms with van der Waals surface area (Å²) in [4.78, 5) is 10.5. The van der Waals surface area contributed by atoms with Gasteiger partial charge >= 0.3 is 5.97 Å². The Morgan fingerprint density at radius 3 is 2.60 bits per heavy atom. The summed E-state index contributed by atoms with van der Waals surface area (Å²) in [5, 5.41) is 11.5. The second kappa shape index (κ2) is 3.94. The van der Waals surface area contributed by atoms with E-state index in [2.05, 4.69) is 11.9 Å². The van der Waals surface area contributed by atoms with Crippen LogP contribution in [0.3, 0.4) is 0 Å². The summed E-state index contributed by atoms with van der Waals surface area (Å²) in [5.41, 5.74) is -0.474. The van der Waals surface area contributed by atoms with E-state index in [1.807, 2.05) is 0 Å². The van der Waals surface area contributed by atoms with E-state index < -0.39 is 21.3 Å². The fraction of sp³-hybridized carbons (Fsp3) is 0.667. The van der Waals surface area contributed by atoms with Crippen molar-refractivity contribution in [3.05, 3.63) is 12.2 Å². The van der Waals surface area contributed by atoms with Crippen molar-refractivity contribution in [1.29, 1.82) is 0 Å². The van der Waals surface area contributed by atoms with E-state index in [0.29, 0.717) is 6.42 Å². The molecule has 0 bridgehead atoms. The lowest BCUT2D eigenvalue weighted by molar-refractivity contribution is -0.132. The predicted octanol–water partition coefficient (Wildman–Crippen LogP) is -0.206. The van der Waals surface area contributed by atoms with E-state index >= 15 is 0 Å². The van der Waals surface area contributed by atoms with Crippen LogP contribution >= 0.6 is 0 Å². The van der Waals surface area contributed by atoms with E-state index in [-0.39, 0.29) is 23.6 Å². The van der Waals surface area contributed by atoms with Crippen LogP contribution in [0.5, 0.6) is 0 Å². The zero-order valence-electron chi connectivity index (χ0n) is 8.62. The van der Waals surface area contributed by atoms with Gasteiger partial charge in [-0.15, -0.1) is 0 Å². The Morgan fingerprint density at radius 1 is 1.60 bits per heavy atom. The van der Waals surface area contributed by atoms with E-state index in [1.165, 1.54) is 0 Å². The van der Waals surface area contributed by atoms with Crippen LogP contribution in [-0.2, 0) is 14.6 Å². The van der Waals surface area contributed by atoms with Crippen molar-refractivity contribution in [3.8, 4) is 0 Å². The molecule has 0 amide bonds. The summed E-state index contributed by atoms with van der Waals surface area (Å²) in [6.45, 7) is 5.27. The average molecular weight is 233 g/mol. The van der Waals surface area contributed by atoms with Crippen molar-refractivity contribution in [1.82, 2.24) is 5.32 Å². The molecule has 0 spiro atoms. The van der Waals surface area contributed by atoms with Gasteiger partial charge in [0.25, 0.3) is 0 Å². The van der Waals surface area contributed by atoms with Crippen LogP contribution in [0, 0.1) is 0 Å². The van der Waals surface area contributed by atoms with Crippen LogP contribution in [0.15, 0.2) is 12.2 Å². The fourth-order valence-electron chi connectivity index (χ4n) is 1.55. The molecule has 0 aromatic carbocycles. The second-order valence-electron chi connectivity index (χ2n) is 4.16. The Kier molecular flexibility index (Phi) is 3.20. The van der Waals surface area contributed by atoms with Gasteiger partial charge in [-0.05, 0) is 13.3 Å². The van der Waals surface area contributed by atoms with Crippen LogP contribution in [0.4, 0.5) is 0 Å². The number of sulfone groups is 1. The van der Waals surface area contributed by atoms with E-state index in [4.69, 9.17) is 5.11 Å². The molecule has 0 aliphatic carbocycles. The zero-order valence-corrected chi connectivity index (χ0v) is 9.43. The SMILES string of the molecule is C=C(CNC1(C)CCS(=O)(=O)C1)C(=O)O. The van der Waals surface area contributed by atoms with Gasteiger partial charge in [0, 0.05) is 17.7 Å². The van der Waals surface area contributed by atoms with Gasteiger partial charge in [-0.2, -0.15) is 0 Å². The van der Waals surface area contributed by atoms with Gasteiger partial charge in [-0.1, -0.05) is 6.58 Å². The largest absolute Gasteiger partial charge is 0.478 e. The van der Waals surface area contributed by atoms with Gasteiger partial charge in [0.05, 0.1) is 11.5 Å². The van der Waals surface area contributed by atoms with Crippen LogP contribution in [-0.4, -0.2) is 43.1 Å². The Bertz CT molecular complexity index is 387. The predicted molar refractivity (Wildman–Crippen MR) is 56.5 cm³/mol. The van der Waals surface area contributed by atoms with Gasteiger partial charge in [-0.25, -0.2) is 13.2 Å². The molecule has 6 heteroatoms. The smallest absolute Gasteiger partial charge is 0.332 e. The molecule has 0 aromatic heterocycles. The molecule has 1 heterocycles. The Hall–Kier alpha value is -0.880. The van der Waals surface area contributed by atoms with E-state index in [0.717, 1.165) is 0 Å². The third kappa shape index (κ3) is 3.32. The number of aliphatic carboxylic acids is 1. The maximum Gasteiger partial charge on any atom is 0.332 e. The molecule has 1 saturated heterocycles. The number of carboxylic acids is 1. The van der Waals surface area contributed by atoms with Crippen molar-refractivity contribution in [2.24, 2.45) is 0 Å². The summed E-state index contributed by atoms with van der Waals surface area (Å²) in [6, 6.07) is 0. The number of hydrogen-bond donors (Lipinski definition) is 2. The topological polar surface area (TPSA) is 83.5 Å². The van der Waals surface area contributed by atoms with Crippen LogP contribution < -0.4 is 5.32 Å². The summed E-state index contributed by atoms with van der Waals surface area (Å²) >= 11 is 0. The fourth-order valence-corrected chi connectivity index (χ4v) is 3.67. The molecule has 5 nitrogen and oxygen atoms in total. The van der Waals surface area contributed by atoms with E-state index in [9.17, 15) is 13.2 Å². The number of carboxylic acid groups (broad SMARTS) is 1. The highest BCUT2D eigenvalue weighted by Gasteiger charge is 2.37. The monoisotopic (exact) mass is 233 g/mol. The molecule has 86 valence electrons. The lowest BCUT2D eigenvalue weighted by atomic mass is 10.0. The number of carbonyl (C=O) groups is 1. The zero-order chi connectivity index (χ0) is 11.7. The summed E-state index contributed by atoms with van der Waals surface area (Å²) in [7, 11) is -2.96. The minimum Gasteiger partial charge on any atom is -0.478 e. The normalized spacial score (nSPS) is 28.9. The number of nitrogens with one attached hydrogen (secondary N) is 1. The van der Waals surface area contributed by atoms with Gasteiger partial charge in [0.2, 0.25) is 0 Å². The number of rotatable bonds is 4. The Balaban J connectivity index is 2.53. The van der Waals surface area contributed by atoms with Crippen molar-refractivity contribution in [2.75, 3.05) is 18.1 Å². The van der Waals surface area contributed by atoms with Gasteiger partial charge in [-0.3, -0.25) is 0 Å². The first-order valence-electron chi connectivity index (χ1n) is 4.61. The van der Waals surface area contributed by atoms with Crippen molar-refractivity contribution >= 4 is 15.8 Å². The van der Waals surface area contributed by atoms with Crippen LogP contribution in [0.25, 0.3) is 0 Å². The molecule has 1 rings (SSSR count). The standard InChI is InChI=1S/C9H15NO4S/c1-7(8(11)12)5-10-9(2)3-4-15(13,14)6-9/h10H,1,3-6H2,2H3,(H,11,12). The maximum atomic E-state index is 11.2. The van der Waals surface area contributed by atoms with Crippen molar-refractivity contribution < 1.29 is 18.3 Å². The molecular weight excluding hydrogens is 218 g/mol. The highest BCUT2D eigenvalue weighted by Crippen LogP contribution is 2.22. The first kappa shape index (κ1) is 12.2. The third-order valence-electron chi connectivity index (χ3n) is 2.53. The molecular formula is C9H15NO4S. The van der Waals surface area contributed by atoms with Crippen LogP contribution in [0.1, 0.15) is 13.3 Å². The molecule has 0 saturated carbocycles. The summed E-state index contributed by atoms with van der Waals surface area (Å²) < 4.78 is 22.5. The molecule has 0 aromatic rings. The maximum absolute atomic E-state index is 11.2. The molecule has 1 aliphatic heterocycles.